The summed E-state index contributed by atoms with van der Waals surface area (Å²) in [7, 11) is 0. The van der Waals surface area contributed by atoms with Crippen LogP contribution >= 0.6 is 11.8 Å². The Bertz CT molecular complexity index is 429. The van der Waals surface area contributed by atoms with Gasteiger partial charge in [0, 0.05) is 36.3 Å². The normalized spacial score (nSPS) is 10.6. The van der Waals surface area contributed by atoms with Gasteiger partial charge in [0.25, 0.3) is 5.22 Å². The number of aromatic nitrogens is 3. The molecular weight excluding hydrogens is 236 g/mol. The van der Waals surface area contributed by atoms with Gasteiger partial charge in [0.1, 0.15) is 6.26 Å². The summed E-state index contributed by atoms with van der Waals surface area (Å²) in [5.41, 5.74) is 1.08. The van der Waals surface area contributed by atoms with Crippen molar-refractivity contribution in [1.82, 2.24) is 20.3 Å². The molecule has 0 spiro atoms. The number of nitrogens with one attached hydrogen (secondary N) is 1. The lowest BCUT2D eigenvalue weighted by atomic mass is 10.3. The molecule has 6 heteroatoms. The molecule has 0 radical (unpaired) electrons. The van der Waals surface area contributed by atoms with Crippen LogP contribution in [0.25, 0.3) is 0 Å². The Labute approximate surface area is 104 Å². The van der Waals surface area contributed by atoms with Gasteiger partial charge in [-0.25, -0.2) is 15.0 Å². The summed E-state index contributed by atoms with van der Waals surface area (Å²) in [5, 5.41) is 4.50. The smallest absolute Gasteiger partial charge is 0.263 e. The highest BCUT2D eigenvalue weighted by atomic mass is 32.2. The zero-order chi connectivity index (χ0) is 11.9. The molecule has 5 nitrogen and oxygen atoms in total. The monoisotopic (exact) mass is 250 g/mol. The fraction of sp³-hybridized carbons (Fsp3) is 0.364. The minimum atomic E-state index is 0.557. The second-order valence-corrected chi connectivity index (χ2v) is 4.37. The number of hydrogen-bond acceptors (Lipinski definition) is 6. The molecule has 0 aliphatic carbocycles. The molecule has 1 N–H and O–H groups in total. The van der Waals surface area contributed by atoms with Gasteiger partial charge in [0.15, 0.2) is 5.16 Å². The van der Waals surface area contributed by atoms with Gasteiger partial charge in [-0.1, -0.05) is 6.92 Å². The van der Waals surface area contributed by atoms with Crippen molar-refractivity contribution in [3.63, 3.8) is 0 Å². The molecule has 90 valence electrons. The van der Waals surface area contributed by atoms with Gasteiger partial charge in [0.05, 0.1) is 6.20 Å². The lowest BCUT2D eigenvalue weighted by Crippen LogP contribution is -2.14. The van der Waals surface area contributed by atoms with E-state index in [-0.39, 0.29) is 0 Å². The third kappa shape index (κ3) is 3.83. The van der Waals surface area contributed by atoms with E-state index >= 15 is 0 Å². The molecule has 0 bridgehead atoms. The van der Waals surface area contributed by atoms with Crippen LogP contribution in [0.3, 0.4) is 0 Å². The van der Waals surface area contributed by atoms with Crippen LogP contribution in [-0.4, -0.2) is 21.5 Å². The molecule has 0 aliphatic rings. The first-order valence-electron chi connectivity index (χ1n) is 5.47. The summed E-state index contributed by atoms with van der Waals surface area (Å²) >= 11 is 1.31. The van der Waals surface area contributed by atoms with Crippen LogP contribution < -0.4 is 5.32 Å². The maximum atomic E-state index is 5.11. The van der Waals surface area contributed by atoms with Gasteiger partial charge in [-0.2, -0.15) is 0 Å². The van der Waals surface area contributed by atoms with Crippen LogP contribution in [0.1, 0.15) is 18.9 Å². The van der Waals surface area contributed by atoms with Crippen molar-refractivity contribution in [3.05, 3.63) is 30.4 Å². The van der Waals surface area contributed by atoms with Crippen molar-refractivity contribution >= 4 is 11.8 Å². The molecule has 2 heterocycles. The summed E-state index contributed by atoms with van der Waals surface area (Å²) in [6.45, 7) is 3.95. The number of oxazole rings is 1. The van der Waals surface area contributed by atoms with Gasteiger partial charge in [0.2, 0.25) is 0 Å². The van der Waals surface area contributed by atoms with Gasteiger partial charge < -0.3 is 9.73 Å². The van der Waals surface area contributed by atoms with Gasteiger partial charge in [-0.3, -0.25) is 0 Å². The van der Waals surface area contributed by atoms with E-state index in [0.717, 1.165) is 25.1 Å². The summed E-state index contributed by atoms with van der Waals surface area (Å²) in [5.74, 6) is 0. The van der Waals surface area contributed by atoms with Crippen molar-refractivity contribution in [3.8, 4) is 0 Å². The number of hydrogen-bond donors (Lipinski definition) is 1. The van der Waals surface area contributed by atoms with E-state index in [0.29, 0.717) is 10.4 Å². The van der Waals surface area contributed by atoms with Crippen molar-refractivity contribution < 1.29 is 4.42 Å². The standard InChI is InChI=1S/C11H14N4OS/c1-2-3-12-6-9-7-14-10(15-8-9)17-11-13-4-5-16-11/h4-5,7-8,12H,2-3,6H2,1H3. The lowest BCUT2D eigenvalue weighted by molar-refractivity contribution is 0.453. The number of nitrogens with zero attached hydrogens (tertiary/aromatic N) is 3. The van der Waals surface area contributed by atoms with Crippen LogP contribution in [-0.2, 0) is 6.54 Å². The molecule has 0 amide bonds. The molecule has 0 fully saturated rings. The summed E-state index contributed by atoms with van der Waals surface area (Å²) in [6.07, 6.45) is 7.90. The van der Waals surface area contributed by atoms with Crippen molar-refractivity contribution in [1.29, 1.82) is 0 Å². The number of rotatable bonds is 6. The Morgan fingerprint density at radius 2 is 2.12 bits per heavy atom. The molecule has 0 unspecified atom stereocenters. The SMILES string of the molecule is CCCNCc1cnc(Sc2ncco2)nc1. The van der Waals surface area contributed by atoms with E-state index in [9.17, 15) is 0 Å². The predicted octanol–water partition coefficient (Wildman–Crippen LogP) is 2.12. The second kappa shape index (κ2) is 6.36. The molecule has 0 aromatic carbocycles. The van der Waals surface area contributed by atoms with Crippen LogP contribution in [0.15, 0.2) is 39.7 Å². The minimum absolute atomic E-state index is 0.557. The van der Waals surface area contributed by atoms with E-state index in [1.54, 1.807) is 6.20 Å². The maximum absolute atomic E-state index is 5.11. The summed E-state index contributed by atoms with van der Waals surface area (Å²) in [6, 6.07) is 0. The van der Waals surface area contributed by atoms with E-state index < -0.39 is 0 Å². The zero-order valence-corrected chi connectivity index (χ0v) is 10.4. The first-order valence-corrected chi connectivity index (χ1v) is 6.29. The zero-order valence-electron chi connectivity index (χ0n) is 9.59. The third-order valence-electron chi connectivity index (χ3n) is 2.03. The molecule has 0 aliphatic heterocycles. The topological polar surface area (TPSA) is 63.8 Å². The highest BCUT2D eigenvalue weighted by Gasteiger charge is 2.04. The van der Waals surface area contributed by atoms with Gasteiger partial charge in [-0.05, 0) is 13.0 Å². The van der Waals surface area contributed by atoms with Gasteiger partial charge in [-0.15, -0.1) is 0 Å². The molecule has 2 aromatic rings. The summed E-state index contributed by atoms with van der Waals surface area (Å²) in [4.78, 5) is 12.5. The second-order valence-electron chi connectivity index (χ2n) is 3.45. The fourth-order valence-corrected chi connectivity index (χ4v) is 1.82. The molecule has 2 aromatic heterocycles. The Kier molecular flexibility index (Phi) is 4.52. The molecular formula is C11H14N4OS. The predicted molar refractivity (Wildman–Crippen MR) is 64.7 cm³/mol. The van der Waals surface area contributed by atoms with Crippen molar-refractivity contribution in [2.24, 2.45) is 0 Å². The van der Waals surface area contributed by atoms with Crippen LogP contribution in [0.2, 0.25) is 0 Å². The Balaban J connectivity index is 1.89. The average molecular weight is 250 g/mol. The molecule has 0 saturated carbocycles. The van der Waals surface area contributed by atoms with E-state index in [1.807, 2.05) is 12.4 Å². The molecule has 0 atom stereocenters. The maximum Gasteiger partial charge on any atom is 0.263 e. The molecule has 2 rings (SSSR count). The van der Waals surface area contributed by atoms with Crippen molar-refractivity contribution in [2.75, 3.05) is 6.54 Å². The largest absolute Gasteiger partial charge is 0.440 e. The van der Waals surface area contributed by atoms with Crippen LogP contribution in [0.4, 0.5) is 0 Å². The van der Waals surface area contributed by atoms with Gasteiger partial charge >= 0.3 is 0 Å². The Hall–Kier alpha value is -1.40. The van der Waals surface area contributed by atoms with E-state index in [1.165, 1.54) is 18.0 Å². The minimum Gasteiger partial charge on any atom is -0.440 e. The fourth-order valence-electron chi connectivity index (χ4n) is 1.24. The van der Waals surface area contributed by atoms with Crippen LogP contribution in [0, 0.1) is 0 Å². The Morgan fingerprint density at radius 3 is 2.76 bits per heavy atom. The molecule has 17 heavy (non-hydrogen) atoms. The first kappa shape index (κ1) is 12.1. The highest BCUT2D eigenvalue weighted by molar-refractivity contribution is 7.98. The Morgan fingerprint density at radius 1 is 1.29 bits per heavy atom. The third-order valence-corrected chi connectivity index (χ3v) is 2.80. The molecule has 0 saturated heterocycles. The van der Waals surface area contributed by atoms with E-state index in [4.69, 9.17) is 4.42 Å². The summed E-state index contributed by atoms with van der Waals surface area (Å²) < 4.78 is 5.11. The van der Waals surface area contributed by atoms with Crippen molar-refractivity contribution in [2.45, 2.75) is 30.3 Å². The lowest BCUT2D eigenvalue weighted by Gasteiger charge is -2.02. The highest BCUT2D eigenvalue weighted by Crippen LogP contribution is 2.21. The first-order chi connectivity index (χ1) is 8.38. The quantitative estimate of drug-likeness (QED) is 0.626. The van der Waals surface area contributed by atoms with E-state index in [2.05, 4.69) is 27.2 Å². The average Bonchev–Trinajstić information content (AvgIpc) is 2.85. The van der Waals surface area contributed by atoms with Crippen LogP contribution in [0.5, 0.6) is 0 Å².